The first-order chi connectivity index (χ1) is 14.1. The Hall–Kier alpha value is -2.43. The number of hydrogen-bond acceptors (Lipinski definition) is 6. The Labute approximate surface area is 175 Å². The molecular weight excluding hydrogens is 382 g/mol. The molecule has 6 nitrogen and oxygen atoms in total. The van der Waals surface area contributed by atoms with Crippen molar-refractivity contribution in [2.75, 3.05) is 31.2 Å². The molecule has 0 aliphatic carbocycles. The first-order valence-electron chi connectivity index (χ1n) is 10.3. The molecule has 3 aromatic rings. The molecule has 7 heteroatoms. The molecule has 4 heterocycles. The summed E-state index contributed by atoms with van der Waals surface area (Å²) in [6.45, 7) is 11.9. The molecule has 3 aromatic heterocycles. The third-order valence-electron chi connectivity index (χ3n) is 5.72. The molecule has 4 rings (SSSR count). The number of aryl methyl sites for hydroxylation is 2. The molecular formula is C22H27N5OS. The quantitative estimate of drug-likeness (QED) is 0.603. The first-order valence-corrected chi connectivity index (χ1v) is 11.1. The summed E-state index contributed by atoms with van der Waals surface area (Å²) in [4.78, 5) is 13.4. The van der Waals surface area contributed by atoms with Crippen LogP contribution in [0.2, 0.25) is 0 Å². The van der Waals surface area contributed by atoms with Crippen LogP contribution in [0.4, 0.5) is 5.00 Å². The molecule has 0 bridgehead atoms. The van der Waals surface area contributed by atoms with Crippen LogP contribution < -0.4 is 4.90 Å². The maximum atomic E-state index is 9.69. The van der Waals surface area contributed by atoms with Crippen molar-refractivity contribution in [3.8, 4) is 16.6 Å². The van der Waals surface area contributed by atoms with Crippen LogP contribution in [0.3, 0.4) is 0 Å². The van der Waals surface area contributed by atoms with Crippen LogP contribution in [0.15, 0.2) is 12.3 Å². The third kappa shape index (κ3) is 3.52. The number of morpholine rings is 1. The Bertz CT molecular complexity index is 1070. The third-order valence-corrected chi connectivity index (χ3v) is 7.02. The number of hydrogen-bond donors (Lipinski definition) is 0. The molecule has 0 spiro atoms. The van der Waals surface area contributed by atoms with Gasteiger partial charge in [-0.1, -0.05) is 13.8 Å². The van der Waals surface area contributed by atoms with Crippen molar-refractivity contribution < 1.29 is 4.74 Å². The predicted octanol–water partition coefficient (Wildman–Crippen LogP) is 4.85. The molecule has 29 heavy (non-hydrogen) atoms. The van der Waals surface area contributed by atoms with E-state index in [9.17, 15) is 5.26 Å². The SMILES string of the molecule is CCC(CC)n1cc(C#N)c2nc(-c3sc(N4CCOCC4)cc3C)c(C)nc21. The van der Waals surface area contributed by atoms with E-state index >= 15 is 0 Å². The van der Waals surface area contributed by atoms with Gasteiger partial charge in [-0.05, 0) is 38.3 Å². The zero-order valence-electron chi connectivity index (χ0n) is 17.5. The van der Waals surface area contributed by atoms with Gasteiger partial charge in [0.05, 0.1) is 34.3 Å². The lowest BCUT2D eigenvalue weighted by molar-refractivity contribution is 0.123. The monoisotopic (exact) mass is 409 g/mol. The summed E-state index contributed by atoms with van der Waals surface area (Å²) < 4.78 is 7.62. The van der Waals surface area contributed by atoms with E-state index in [1.54, 1.807) is 11.3 Å². The van der Waals surface area contributed by atoms with Crippen molar-refractivity contribution in [1.29, 1.82) is 5.26 Å². The van der Waals surface area contributed by atoms with Crippen LogP contribution in [0.25, 0.3) is 21.7 Å². The minimum Gasteiger partial charge on any atom is -0.378 e. The average molecular weight is 410 g/mol. The van der Waals surface area contributed by atoms with E-state index in [0.29, 0.717) is 17.1 Å². The lowest BCUT2D eigenvalue weighted by Gasteiger charge is -2.27. The number of thiophene rings is 1. The number of nitriles is 1. The number of aromatic nitrogens is 3. The molecule has 0 unspecified atom stereocenters. The molecule has 152 valence electrons. The van der Waals surface area contributed by atoms with Crippen molar-refractivity contribution in [1.82, 2.24) is 14.5 Å². The summed E-state index contributed by atoms with van der Waals surface area (Å²) in [5.41, 5.74) is 5.12. The zero-order chi connectivity index (χ0) is 20.5. The van der Waals surface area contributed by atoms with Crippen LogP contribution >= 0.6 is 11.3 Å². The summed E-state index contributed by atoms with van der Waals surface area (Å²) >= 11 is 1.76. The van der Waals surface area contributed by atoms with Gasteiger partial charge >= 0.3 is 0 Å². The van der Waals surface area contributed by atoms with E-state index in [1.807, 2.05) is 13.1 Å². The van der Waals surface area contributed by atoms with Gasteiger partial charge < -0.3 is 14.2 Å². The highest BCUT2D eigenvalue weighted by atomic mass is 32.1. The number of anilines is 1. The number of ether oxygens (including phenoxy) is 1. The lowest BCUT2D eigenvalue weighted by Crippen LogP contribution is -2.35. The Morgan fingerprint density at radius 1 is 1.21 bits per heavy atom. The van der Waals surface area contributed by atoms with Gasteiger partial charge in [-0.15, -0.1) is 11.3 Å². The maximum absolute atomic E-state index is 9.69. The van der Waals surface area contributed by atoms with E-state index in [4.69, 9.17) is 14.7 Å². The molecule has 0 atom stereocenters. The Balaban J connectivity index is 1.82. The van der Waals surface area contributed by atoms with Crippen molar-refractivity contribution >= 4 is 27.5 Å². The Morgan fingerprint density at radius 3 is 2.59 bits per heavy atom. The van der Waals surface area contributed by atoms with Gasteiger partial charge in [0, 0.05) is 25.3 Å². The van der Waals surface area contributed by atoms with Gasteiger partial charge in [0.2, 0.25) is 0 Å². The second-order valence-corrected chi connectivity index (χ2v) is 8.59. The molecule has 0 saturated carbocycles. The first kappa shape index (κ1) is 19.9. The van der Waals surface area contributed by atoms with Crippen LogP contribution in [0.5, 0.6) is 0 Å². The molecule has 0 aromatic carbocycles. The van der Waals surface area contributed by atoms with E-state index in [1.165, 1.54) is 10.6 Å². The summed E-state index contributed by atoms with van der Waals surface area (Å²) in [6, 6.07) is 4.88. The smallest absolute Gasteiger partial charge is 0.160 e. The van der Waals surface area contributed by atoms with Crippen molar-refractivity contribution in [2.24, 2.45) is 0 Å². The van der Waals surface area contributed by atoms with Crippen LogP contribution in [0.1, 0.15) is 49.6 Å². The highest BCUT2D eigenvalue weighted by Gasteiger charge is 2.22. The Kier molecular flexibility index (Phi) is 5.57. The van der Waals surface area contributed by atoms with Gasteiger partial charge in [0.25, 0.3) is 0 Å². The summed E-state index contributed by atoms with van der Waals surface area (Å²) in [5.74, 6) is 0. The second-order valence-electron chi connectivity index (χ2n) is 7.56. The van der Waals surface area contributed by atoms with Gasteiger partial charge in [0.15, 0.2) is 5.65 Å². The Morgan fingerprint density at radius 2 is 1.93 bits per heavy atom. The van der Waals surface area contributed by atoms with Crippen LogP contribution in [-0.2, 0) is 4.74 Å². The fourth-order valence-electron chi connectivity index (χ4n) is 4.03. The van der Waals surface area contributed by atoms with E-state index in [-0.39, 0.29) is 0 Å². The highest BCUT2D eigenvalue weighted by Crippen LogP contribution is 2.39. The fourth-order valence-corrected chi connectivity index (χ4v) is 5.29. The van der Waals surface area contributed by atoms with E-state index in [0.717, 1.165) is 61.1 Å². The number of rotatable bonds is 5. The largest absolute Gasteiger partial charge is 0.378 e. The predicted molar refractivity (Wildman–Crippen MR) is 118 cm³/mol. The molecule has 1 aliphatic rings. The van der Waals surface area contributed by atoms with Gasteiger partial charge in [-0.25, -0.2) is 9.97 Å². The standard InChI is InChI=1S/C22H27N5OS/c1-5-17(6-2)27-13-16(12-23)20-22(27)24-15(4)19(25-20)21-14(3)11-18(29-21)26-7-9-28-10-8-26/h11,13,17H,5-10H2,1-4H3. The number of fused-ring (bicyclic) bond motifs is 1. The zero-order valence-corrected chi connectivity index (χ0v) is 18.3. The minimum atomic E-state index is 0.329. The lowest BCUT2D eigenvalue weighted by atomic mass is 10.1. The van der Waals surface area contributed by atoms with Crippen molar-refractivity contribution in [3.63, 3.8) is 0 Å². The topological polar surface area (TPSA) is 67.0 Å². The molecule has 0 radical (unpaired) electrons. The maximum Gasteiger partial charge on any atom is 0.160 e. The summed E-state index contributed by atoms with van der Waals surface area (Å²) in [7, 11) is 0. The fraction of sp³-hybridized carbons (Fsp3) is 0.500. The number of nitrogens with zero attached hydrogens (tertiary/aromatic N) is 5. The minimum absolute atomic E-state index is 0.329. The van der Waals surface area contributed by atoms with Crippen LogP contribution in [0, 0.1) is 25.2 Å². The summed E-state index contributed by atoms with van der Waals surface area (Å²) in [5, 5.41) is 10.9. The second kappa shape index (κ2) is 8.13. The van der Waals surface area contributed by atoms with Gasteiger partial charge in [-0.2, -0.15) is 5.26 Å². The van der Waals surface area contributed by atoms with Gasteiger partial charge in [-0.3, -0.25) is 0 Å². The molecule has 0 amide bonds. The van der Waals surface area contributed by atoms with Crippen molar-refractivity contribution in [2.45, 2.75) is 46.6 Å². The van der Waals surface area contributed by atoms with E-state index < -0.39 is 0 Å². The van der Waals surface area contributed by atoms with Gasteiger partial charge in [0.1, 0.15) is 17.3 Å². The highest BCUT2D eigenvalue weighted by molar-refractivity contribution is 7.19. The molecule has 0 N–H and O–H groups in total. The van der Waals surface area contributed by atoms with E-state index in [2.05, 4.69) is 42.4 Å². The van der Waals surface area contributed by atoms with Crippen LogP contribution in [-0.4, -0.2) is 40.8 Å². The molecule has 1 aliphatic heterocycles. The average Bonchev–Trinajstić information content (AvgIpc) is 3.29. The molecule has 1 saturated heterocycles. The summed E-state index contributed by atoms with van der Waals surface area (Å²) in [6.07, 6.45) is 3.92. The molecule has 1 fully saturated rings. The normalized spacial score (nSPS) is 14.7. The van der Waals surface area contributed by atoms with Crippen molar-refractivity contribution in [3.05, 3.63) is 29.1 Å².